The molecule has 0 aliphatic carbocycles. The van der Waals surface area contributed by atoms with Crippen LogP contribution in [0.5, 0.6) is 0 Å². The number of carbonyl (C=O) groups excluding carboxylic acids is 1. The number of nitrogens with zero attached hydrogens (tertiary/aromatic N) is 1. The standard InChI is InChI=1S/C12H18BrN3O/c1-2-16(8-12(15)17)11(7-14)9-3-5-10(13)6-4-9/h3-6,11H,2,7-8,14H2,1H3,(H2,15,17). The first kappa shape index (κ1) is 14.2. The van der Waals surface area contributed by atoms with E-state index in [1.54, 1.807) is 0 Å². The number of amides is 1. The summed E-state index contributed by atoms with van der Waals surface area (Å²) in [6, 6.07) is 7.98. The zero-order chi connectivity index (χ0) is 12.8. The molecule has 1 rings (SSSR count). The number of carbonyl (C=O) groups is 1. The maximum atomic E-state index is 11.0. The van der Waals surface area contributed by atoms with Crippen molar-refractivity contribution in [3.8, 4) is 0 Å². The summed E-state index contributed by atoms with van der Waals surface area (Å²) in [5.74, 6) is -0.331. The molecule has 0 aliphatic heterocycles. The third kappa shape index (κ3) is 4.11. The van der Waals surface area contributed by atoms with E-state index in [0.29, 0.717) is 6.54 Å². The van der Waals surface area contributed by atoms with Crippen LogP contribution in [0.25, 0.3) is 0 Å². The average molecular weight is 300 g/mol. The lowest BCUT2D eigenvalue weighted by Gasteiger charge is -2.29. The van der Waals surface area contributed by atoms with Crippen molar-refractivity contribution in [2.24, 2.45) is 11.5 Å². The van der Waals surface area contributed by atoms with E-state index in [1.165, 1.54) is 0 Å². The maximum absolute atomic E-state index is 11.0. The molecule has 1 amide bonds. The zero-order valence-electron chi connectivity index (χ0n) is 9.90. The van der Waals surface area contributed by atoms with Crippen molar-refractivity contribution in [1.82, 2.24) is 4.90 Å². The van der Waals surface area contributed by atoms with Gasteiger partial charge in [-0.2, -0.15) is 0 Å². The van der Waals surface area contributed by atoms with Gasteiger partial charge in [0.15, 0.2) is 0 Å². The van der Waals surface area contributed by atoms with E-state index in [-0.39, 0.29) is 18.5 Å². The lowest BCUT2D eigenvalue weighted by molar-refractivity contribution is -0.119. The molecule has 0 heterocycles. The molecule has 0 fully saturated rings. The number of nitrogens with two attached hydrogens (primary N) is 2. The fraction of sp³-hybridized carbons (Fsp3) is 0.417. The van der Waals surface area contributed by atoms with Gasteiger partial charge in [0.05, 0.1) is 6.54 Å². The molecule has 0 saturated carbocycles. The third-order valence-electron chi connectivity index (χ3n) is 2.68. The van der Waals surface area contributed by atoms with Gasteiger partial charge in [-0.25, -0.2) is 0 Å². The van der Waals surface area contributed by atoms with Gasteiger partial charge in [-0.3, -0.25) is 9.69 Å². The molecule has 4 N–H and O–H groups in total. The van der Waals surface area contributed by atoms with Crippen LogP contribution < -0.4 is 11.5 Å². The van der Waals surface area contributed by atoms with Crippen molar-refractivity contribution >= 4 is 21.8 Å². The normalized spacial score (nSPS) is 12.7. The van der Waals surface area contributed by atoms with Crippen molar-refractivity contribution in [2.45, 2.75) is 13.0 Å². The predicted molar refractivity (Wildman–Crippen MR) is 72.4 cm³/mol. The average Bonchev–Trinajstić information content (AvgIpc) is 2.30. The van der Waals surface area contributed by atoms with Gasteiger partial charge in [0.1, 0.15) is 0 Å². The molecule has 5 heteroatoms. The first-order valence-electron chi connectivity index (χ1n) is 5.56. The molecule has 17 heavy (non-hydrogen) atoms. The highest BCUT2D eigenvalue weighted by atomic mass is 79.9. The Hall–Kier alpha value is -0.910. The van der Waals surface area contributed by atoms with Gasteiger partial charge in [0, 0.05) is 17.1 Å². The summed E-state index contributed by atoms with van der Waals surface area (Å²) in [6.07, 6.45) is 0. The second kappa shape index (κ2) is 6.74. The Labute approximate surface area is 110 Å². The lowest BCUT2D eigenvalue weighted by atomic mass is 10.1. The van der Waals surface area contributed by atoms with Crippen molar-refractivity contribution in [3.63, 3.8) is 0 Å². The number of rotatable bonds is 6. The van der Waals surface area contributed by atoms with Crippen LogP contribution in [0.4, 0.5) is 0 Å². The second-order valence-corrected chi connectivity index (χ2v) is 4.75. The molecular formula is C12H18BrN3O. The molecule has 0 saturated heterocycles. The lowest BCUT2D eigenvalue weighted by Crippen LogP contribution is -2.39. The number of likely N-dealkylation sites (N-methyl/N-ethyl adjacent to an activating group) is 1. The fourth-order valence-electron chi connectivity index (χ4n) is 1.82. The van der Waals surface area contributed by atoms with Gasteiger partial charge >= 0.3 is 0 Å². The highest BCUT2D eigenvalue weighted by Gasteiger charge is 2.18. The largest absolute Gasteiger partial charge is 0.369 e. The molecule has 0 radical (unpaired) electrons. The fourth-order valence-corrected chi connectivity index (χ4v) is 2.09. The number of primary amides is 1. The first-order chi connectivity index (χ1) is 8.08. The Morgan fingerprint density at radius 1 is 1.41 bits per heavy atom. The predicted octanol–water partition coefficient (Wildman–Crippen LogP) is 1.26. The van der Waals surface area contributed by atoms with Crippen LogP contribution in [-0.4, -0.2) is 30.4 Å². The van der Waals surface area contributed by atoms with Gasteiger partial charge in [-0.1, -0.05) is 35.0 Å². The van der Waals surface area contributed by atoms with Crippen molar-refractivity contribution in [3.05, 3.63) is 34.3 Å². The summed E-state index contributed by atoms with van der Waals surface area (Å²) >= 11 is 3.39. The molecule has 1 aromatic carbocycles. The van der Waals surface area contributed by atoms with E-state index < -0.39 is 0 Å². The summed E-state index contributed by atoms with van der Waals surface area (Å²) in [5, 5.41) is 0. The van der Waals surface area contributed by atoms with Crippen LogP contribution in [0.2, 0.25) is 0 Å². The minimum absolute atomic E-state index is 0.0283. The van der Waals surface area contributed by atoms with Crippen molar-refractivity contribution in [1.29, 1.82) is 0 Å². The Bertz CT molecular complexity index is 367. The summed E-state index contributed by atoms with van der Waals surface area (Å²) in [5.41, 5.74) is 12.1. The summed E-state index contributed by atoms with van der Waals surface area (Å²) < 4.78 is 1.02. The van der Waals surface area contributed by atoms with Crippen molar-refractivity contribution in [2.75, 3.05) is 19.6 Å². The summed E-state index contributed by atoms with van der Waals surface area (Å²) in [4.78, 5) is 13.0. The van der Waals surface area contributed by atoms with Crippen molar-refractivity contribution < 1.29 is 4.79 Å². The Balaban J connectivity index is 2.88. The molecule has 0 aromatic heterocycles. The molecular weight excluding hydrogens is 282 g/mol. The molecule has 1 unspecified atom stereocenters. The first-order valence-corrected chi connectivity index (χ1v) is 6.35. The van der Waals surface area contributed by atoms with Crippen LogP contribution in [0.15, 0.2) is 28.7 Å². The quantitative estimate of drug-likeness (QED) is 0.830. The number of hydrogen-bond donors (Lipinski definition) is 2. The van der Waals surface area contributed by atoms with Gasteiger partial charge in [-0.05, 0) is 24.2 Å². The van der Waals surface area contributed by atoms with E-state index in [2.05, 4.69) is 15.9 Å². The van der Waals surface area contributed by atoms with Crippen LogP contribution >= 0.6 is 15.9 Å². The molecule has 1 aromatic rings. The number of benzene rings is 1. The second-order valence-electron chi connectivity index (χ2n) is 3.83. The molecule has 1 atom stereocenters. The minimum atomic E-state index is -0.331. The van der Waals surface area contributed by atoms with Gasteiger partial charge < -0.3 is 11.5 Å². The SMILES string of the molecule is CCN(CC(N)=O)C(CN)c1ccc(Br)cc1. The topological polar surface area (TPSA) is 72.3 Å². The van der Waals surface area contributed by atoms with Gasteiger partial charge in [0.2, 0.25) is 5.91 Å². The van der Waals surface area contributed by atoms with E-state index in [4.69, 9.17) is 11.5 Å². The smallest absolute Gasteiger partial charge is 0.231 e. The van der Waals surface area contributed by atoms with Gasteiger partial charge in [0.25, 0.3) is 0 Å². The maximum Gasteiger partial charge on any atom is 0.231 e. The van der Waals surface area contributed by atoms with E-state index in [1.807, 2.05) is 36.1 Å². The van der Waals surface area contributed by atoms with Crippen LogP contribution in [0.1, 0.15) is 18.5 Å². The Morgan fingerprint density at radius 3 is 2.41 bits per heavy atom. The summed E-state index contributed by atoms with van der Waals surface area (Å²) in [7, 11) is 0. The van der Waals surface area contributed by atoms with Crippen LogP contribution in [0, 0.1) is 0 Å². The zero-order valence-corrected chi connectivity index (χ0v) is 11.5. The molecule has 0 spiro atoms. The molecule has 94 valence electrons. The highest BCUT2D eigenvalue weighted by Crippen LogP contribution is 2.21. The highest BCUT2D eigenvalue weighted by molar-refractivity contribution is 9.10. The number of hydrogen-bond acceptors (Lipinski definition) is 3. The van der Waals surface area contributed by atoms with E-state index in [0.717, 1.165) is 16.6 Å². The summed E-state index contributed by atoms with van der Waals surface area (Å²) in [6.45, 7) is 3.42. The van der Waals surface area contributed by atoms with Gasteiger partial charge in [-0.15, -0.1) is 0 Å². The van der Waals surface area contributed by atoms with E-state index >= 15 is 0 Å². The minimum Gasteiger partial charge on any atom is -0.369 e. The Kier molecular flexibility index (Phi) is 5.61. The van der Waals surface area contributed by atoms with E-state index in [9.17, 15) is 4.79 Å². The number of halogens is 1. The molecule has 4 nitrogen and oxygen atoms in total. The third-order valence-corrected chi connectivity index (χ3v) is 3.21. The monoisotopic (exact) mass is 299 g/mol. The molecule has 0 aliphatic rings. The van der Waals surface area contributed by atoms with Crippen LogP contribution in [-0.2, 0) is 4.79 Å². The molecule has 0 bridgehead atoms. The Morgan fingerprint density at radius 2 is 2.00 bits per heavy atom. The van der Waals surface area contributed by atoms with Crippen LogP contribution in [0.3, 0.4) is 0 Å².